The van der Waals surface area contributed by atoms with Crippen LogP contribution in [0.15, 0.2) is 72.8 Å². The van der Waals surface area contributed by atoms with Crippen LogP contribution in [0.25, 0.3) is 32.6 Å². The normalized spacial score (nSPS) is 11.5. The third kappa shape index (κ3) is 3.64. The Morgan fingerprint density at radius 3 is 2.56 bits per heavy atom. The van der Waals surface area contributed by atoms with Crippen molar-refractivity contribution in [3.63, 3.8) is 0 Å². The molecule has 5 rings (SSSR count). The first-order chi connectivity index (χ1) is 15.7. The lowest BCUT2D eigenvalue weighted by Gasteiger charge is -2.10. The van der Waals surface area contributed by atoms with Gasteiger partial charge in [0, 0.05) is 22.9 Å². The Kier molecular flexibility index (Phi) is 5.40. The van der Waals surface area contributed by atoms with Crippen LogP contribution in [0.1, 0.15) is 47.7 Å². The van der Waals surface area contributed by atoms with E-state index in [-0.39, 0.29) is 0 Å². The number of hydrogen-bond donors (Lipinski definition) is 1. The van der Waals surface area contributed by atoms with Crippen molar-refractivity contribution in [1.29, 1.82) is 0 Å². The zero-order valence-corrected chi connectivity index (χ0v) is 18.4. The maximum Gasteiger partial charge on any atom is 0.249 e. The number of nitrogens with two attached hydrogens (primary N) is 1. The average Bonchev–Trinajstić information content (AvgIpc) is 3.12. The number of carbonyl (C=O) groups excluding carboxylic acids is 1. The minimum Gasteiger partial charge on any atom is -0.366 e. The molecule has 5 aromatic rings. The molecule has 0 bridgehead atoms. The summed E-state index contributed by atoms with van der Waals surface area (Å²) in [5.74, 6) is -0.402. The Morgan fingerprint density at radius 2 is 1.75 bits per heavy atom. The minimum atomic E-state index is -0.402. The van der Waals surface area contributed by atoms with Crippen molar-refractivity contribution in [3.05, 3.63) is 95.6 Å². The molecule has 2 N–H and O–H groups in total. The van der Waals surface area contributed by atoms with E-state index in [9.17, 15) is 4.79 Å². The predicted molar refractivity (Wildman–Crippen MR) is 133 cm³/mol. The summed E-state index contributed by atoms with van der Waals surface area (Å²) < 4.78 is 2.31. The number of rotatable bonds is 7. The van der Waals surface area contributed by atoms with Crippen LogP contribution < -0.4 is 5.73 Å². The molecule has 3 heteroatoms. The molecule has 4 aromatic carbocycles. The number of amides is 1. The Bertz CT molecular complexity index is 1440. The predicted octanol–water partition coefficient (Wildman–Crippen LogP) is 6.63. The minimum absolute atomic E-state index is 0.402. The third-order valence-corrected chi connectivity index (χ3v) is 6.34. The number of unbranched alkanes of at least 4 members (excludes halogenated alkanes) is 2. The van der Waals surface area contributed by atoms with Crippen LogP contribution in [0.4, 0.5) is 0 Å². The molecule has 159 valence electrons. The summed E-state index contributed by atoms with van der Waals surface area (Å²) in [4.78, 5) is 12.2. The van der Waals surface area contributed by atoms with E-state index in [0.29, 0.717) is 5.56 Å². The van der Waals surface area contributed by atoms with Crippen molar-refractivity contribution in [3.8, 4) is 0 Å². The van der Waals surface area contributed by atoms with E-state index in [2.05, 4.69) is 78.2 Å². The third-order valence-electron chi connectivity index (χ3n) is 6.34. The molecule has 1 radical (unpaired) electrons. The van der Waals surface area contributed by atoms with Crippen molar-refractivity contribution >= 4 is 38.5 Å². The molecule has 0 fully saturated rings. The Labute approximate surface area is 188 Å². The highest BCUT2D eigenvalue weighted by Gasteiger charge is 2.17. The summed E-state index contributed by atoms with van der Waals surface area (Å²) in [6.07, 6.45) is 4.65. The molecule has 0 spiro atoms. The van der Waals surface area contributed by atoms with E-state index in [4.69, 9.17) is 5.73 Å². The van der Waals surface area contributed by atoms with Gasteiger partial charge in [-0.05, 0) is 65.1 Å². The van der Waals surface area contributed by atoms with Crippen molar-refractivity contribution in [2.45, 2.75) is 39.2 Å². The quantitative estimate of drug-likeness (QED) is 0.296. The molecule has 0 aliphatic carbocycles. The Hall–Kier alpha value is -3.59. The molecule has 1 heterocycles. The molecule has 0 aliphatic rings. The largest absolute Gasteiger partial charge is 0.366 e. The Balaban J connectivity index is 1.69. The van der Waals surface area contributed by atoms with E-state index >= 15 is 0 Å². The second kappa shape index (κ2) is 8.51. The molecule has 32 heavy (non-hydrogen) atoms. The van der Waals surface area contributed by atoms with Gasteiger partial charge >= 0.3 is 0 Å². The molecule has 0 saturated heterocycles. The summed E-state index contributed by atoms with van der Waals surface area (Å²) in [5.41, 5.74) is 10.9. The van der Waals surface area contributed by atoms with Gasteiger partial charge < -0.3 is 10.3 Å². The van der Waals surface area contributed by atoms with Gasteiger partial charge in [0.1, 0.15) is 0 Å². The topological polar surface area (TPSA) is 48.0 Å². The lowest BCUT2D eigenvalue weighted by Crippen LogP contribution is -2.11. The van der Waals surface area contributed by atoms with Gasteiger partial charge in [-0.1, -0.05) is 68.3 Å². The highest BCUT2D eigenvalue weighted by Crippen LogP contribution is 2.33. The van der Waals surface area contributed by atoms with Crippen molar-refractivity contribution in [1.82, 2.24) is 4.57 Å². The van der Waals surface area contributed by atoms with Gasteiger partial charge in [0.15, 0.2) is 0 Å². The lowest BCUT2D eigenvalue weighted by molar-refractivity contribution is 0.100. The van der Waals surface area contributed by atoms with Crippen molar-refractivity contribution in [2.24, 2.45) is 5.73 Å². The number of aromatic nitrogens is 1. The van der Waals surface area contributed by atoms with E-state index in [1.165, 1.54) is 41.2 Å². The summed E-state index contributed by atoms with van der Waals surface area (Å²) >= 11 is 0. The fraction of sp³-hybridized carbons (Fsp3) is 0.207. The highest BCUT2D eigenvalue weighted by molar-refractivity contribution is 6.17. The summed E-state index contributed by atoms with van der Waals surface area (Å²) in [6.45, 7) is 2.95. The summed E-state index contributed by atoms with van der Waals surface area (Å²) in [6, 6.07) is 28.7. The molecule has 3 nitrogen and oxygen atoms in total. The van der Waals surface area contributed by atoms with Gasteiger partial charge in [0.25, 0.3) is 0 Å². The first-order valence-electron chi connectivity index (χ1n) is 11.4. The van der Waals surface area contributed by atoms with Gasteiger partial charge in [0.05, 0.1) is 11.0 Å². The van der Waals surface area contributed by atoms with Crippen LogP contribution in [-0.4, -0.2) is 10.5 Å². The Morgan fingerprint density at radius 1 is 0.906 bits per heavy atom. The monoisotopic (exact) mass is 419 g/mol. The van der Waals surface area contributed by atoms with Gasteiger partial charge in [-0.25, -0.2) is 0 Å². The highest BCUT2D eigenvalue weighted by atomic mass is 16.1. The van der Waals surface area contributed by atoms with E-state index < -0.39 is 5.91 Å². The van der Waals surface area contributed by atoms with E-state index in [0.717, 1.165) is 34.8 Å². The second-order valence-electron chi connectivity index (χ2n) is 8.56. The molecule has 0 saturated carbocycles. The lowest BCUT2D eigenvalue weighted by atomic mass is 10.0. The summed E-state index contributed by atoms with van der Waals surface area (Å²) in [5, 5.41) is 4.33. The number of benzene rings is 4. The number of hydrogen-bond acceptors (Lipinski definition) is 1. The van der Waals surface area contributed by atoms with E-state index in [1.54, 1.807) is 0 Å². The molecular formula is C29H27N2O. The van der Waals surface area contributed by atoms with Crippen LogP contribution in [0.2, 0.25) is 0 Å². The van der Waals surface area contributed by atoms with Crippen LogP contribution in [-0.2, 0) is 13.0 Å². The van der Waals surface area contributed by atoms with Crippen molar-refractivity contribution in [2.75, 3.05) is 0 Å². The SMILES string of the molecule is CCCCCc1c[c]c2c3c(C(N)=O)cccc3n(Cc3ccc4ccccc4c3)c2c1. The molecule has 0 atom stereocenters. The van der Waals surface area contributed by atoms with Crippen LogP contribution in [0.3, 0.4) is 0 Å². The van der Waals surface area contributed by atoms with Crippen LogP contribution in [0.5, 0.6) is 0 Å². The van der Waals surface area contributed by atoms with Gasteiger partial charge in [-0.2, -0.15) is 0 Å². The number of nitrogens with zero attached hydrogens (tertiary/aromatic N) is 1. The molecule has 1 amide bonds. The van der Waals surface area contributed by atoms with Crippen LogP contribution in [0, 0.1) is 6.07 Å². The zero-order valence-electron chi connectivity index (χ0n) is 18.4. The second-order valence-corrected chi connectivity index (χ2v) is 8.56. The fourth-order valence-electron chi connectivity index (χ4n) is 4.72. The average molecular weight is 420 g/mol. The molecular weight excluding hydrogens is 392 g/mol. The number of fused-ring (bicyclic) bond motifs is 4. The van der Waals surface area contributed by atoms with Gasteiger partial charge in [0.2, 0.25) is 5.91 Å². The standard InChI is InChI=1S/C29H27N2O/c1-2-3-4-8-20-14-16-24-27(18-20)31(26-12-7-11-25(28(24)26)29(30)32)19-21-13-15-22-9-5-6-10-23(22)17-21/h5-7,9-15,17-18H,2-4,8,19H2,1H3,(H2,30,32). The molecule has 1 aromatic heterocycles. The maximum absolute atomic E-state index is 12.2. The number of primary amides is 1. The van der Waals surface area contributed by atoms with Gasteiger partial charge in [-0.15, -0.1) is 0 Å². The van der Waals surface area contributed by atoms with E-state index in [1.807, 2.05) is 12.1 Å². The summed E-state index contributed by atoms with van der Waals surface area (Å²) in [7, 11) is 0. The first-order valence-corrected chi connectivity index (χ1v) is 11.4. The number of aryl methyl sites for hydroxylation is 1. The fourth-order valence-corrected chi connectivity index (χ4v) is 4.72. The van der Waals surface area contributed by atoms with Crippen LogP contribution >= 0.6 is 0 Å². The van der Waals surface area contributed by atoms with Gasteiger partial charge in [-0.3, -0.25) is 4.79 Å². The molecule has 0 aliphatic heterocycles. The first kappa shape index (κ1) is 20.3. The number of carbonyl (C=O) groups is 1. The maximum atomic E-state index is 12.2. The zero-order chi connectivity index (χ0) is 22.1. The smallest absolute Gasteiger partial charge is 0.249 e. The molecule has 0 unspecified atom stereocenters. The van der Waals surface area contributed by atoms with Crippen molar-refractivity contribution < 1.29 is 4.79 Å².